The molecule has 1 rings (SSSR count). The van der Waals surface area contributed by atoms with Crippen molar-refractivity contribution in [3.8, 4) is 0 Å². The lowest BCUT2D eigenvalue weighted by molar-refractivity contribution is 0.0980. The first-order chi connectivity index (χ1) is 7.23. The Kier molecular flexibility index (Phi) is 3.28. The Morgan fingerprint density at radius 2 is 1.50 bits per heavy atom. The molecule has 0 fully saturated rings. The van der Waals surface area contributed by atoms with Crippen LogP contribution >= 0.6 is 0 Å². The molecule has 16 heavy (non-hydrogen) atoms. The minimum atomic E-state index is -3.36. The first-order valence-corrected chi connectivity index (χ1v) is 6.48. The minimum absolute atomic E-state index is 0.0442. The molecule has 0 aliphatic rings. The minimum Gasteiger partial charge on any atom is -0.294 e. The van der Waals surface area contributed by atoms with Gasteiger partial charge in [-0.15, -0.1) is 0 Å². The summed E-state index contributed by atoms with van der Waals surface area (Å²) in [5, 5.41) is 0. The lowest BCUT2D eigenvalue weighted by Crippen LogP contribution is -2.07. The summed E-state index contributed by atoms with van der Waals surface area (Å²) in [6, 6.07) is 3.95. The van der Waals surface area contributed by atoms with E-state index < -0.39 is 9.84 Å². The number of carbonyl (C=O) groups is 2. The van der Waals surface area contributed by atoms with Gasteiger partial charge in [-0.05, 0) is 32.0 Å². The molecule has 1 aromatic rings. The molecule has 0 atom stereocenters. The van der Waals surface area contributed by atoms with Gasteiger partial charge in [-0.25, -0.2) is 8.42 Å². The van der Waals surface area contributed by atoms with E-state index in [4.69, 9.17) is 0 Å². The smallest absolute Gasteiger partial charge is 0.175 e. The van der Waals surface area contributed by atoms with E-state index >= 15 is 0 Å². The van der Waals surface area contributed by atoms with Gasteiger partial charge >= 0.3 is 0 Å². The lowest BCUT2D eigenvalue weighted by Gasteiger charge is -2.05. The second-order valence-electron chi connectivity index (χ2n) is 3.59. The maximum Gasteiger partial charge on any atom is 0.175 e. The van der Waals surface area contributed by atoms with Gasteiger partial charge in [0.25, 0.3) is 0 Å². The second kappa shape index (κ2) is 4.17. The predicted molar refractivity (Wildman–Crippen MR) is 59.6 cm³/mol. The van der Waals surface area contributed by atoms with Crippen LogP contribution in [0.5, 0.6) is 0 Å². The average molecular weight is 240 g/mol. The van der Waals surface area contributed by atoms with E-state index in [0.29, 0.717) is 0 Å². The van der Waals surface area contributed by atoms with Crippen LogP contribution in [-0.2, 0) is 9.84 Å². The summed E-state index contributed by atoms with van der Waals surface area (Å²) >= 11 is 0. The van der Waals surface area contributed by atoms with Crippen molar-refractivity contribution < 1.29 is 18.0 Å². The summed E-state index contributed by atoms with van der Waals surface area (Å²) in [7, 11) is -3.36. The van der Waals surface area contributed by atoms with Gasteiger partial charge in [0.2, 0.25) is 0 Å². The van der Waals surface area contributed by atoms with Gasteiger partial charge in [-0.1, -0.05) is 0 Å². The van der Waals surface area contributed by atoms with E-state index in [9.17, 15) is 18.0 Å². The Bertz CT molecular complexity index is 555. The van der Waals surface area contributed by atoms with Crippen LogP contribution in [0, 0.1) is 0 Å². The lowest BCUT2D eigenvalue weighted by atomic mass is 10.0. The Hall–Kier alpha value is -1.49. The average Bonchev–Trinajstić information content (AvgIpc) is 2.15. The van der Waals surface area contributed by atoms with Crippen molar-refractivity contribution >= 4 is 21.4 Å². The molecule has 0 aliphatic carbocycles. The van der Waals surface area contributed by atoms with Crippen LogP contribution in [0.4, 0.5) is 0 Å². The fraction of sp³-hybridized carbons (Fsp3) is 0.273. The number of rotatable bonds is 3. The quantitative estimate of drug-likeness (QED) is 0.751. The van der Waals surface area contributed by atoms with Crippen LogP contribution in [0.15, 0.2) is 23.1 Å². The summed E-state index contributed by atoms with van der Waals surface area (Å²) in [5.41, 5.74) is 0.398. The molecule has 86 valence electrons. The van der Waals surface area contributed by atoms with Crippen LogP contribution in [-0.4, -0.2) is 26.2 Å². The summed E-state index contributed by atoms with van der Waals surface area (Å²) in [5.74, 6) is -0.582. The summed E-state index contributed by atoms with van der Waals surface area (Å²) < 4.78 is 22.6. The van der Waals surface area contributed by atoms with E-state index in [1.807, 2.05) is 0 Å². The number of benzene rings is 1. The van der Waals surface area contributed by atoms with Gasteiger partial charge in [-0.2, -0.15) is 0 Å². The molecule has 0 spiro atoms. The zero-order valence-electron chi connectivity index (χ0n) is 9.27. The molecule has 0 radical (unpaired) electrons. The van der Waals surface area contributed by atoms with Crippen molar-refractivity contribution in [1.82, 2.24) is 0 Å². The van der Waals surface area contributed by atoms with Crippen molar-refractivity contribution in [2.24, 2.45) is 0 Å². The third kappa shape index (κ3) is 2.55. The molecule has 0 bridgehead atoms. The summed E-state index contributed by atoms with van der Waals surface area (Å²) in [6.07, 6.45) is 1.06. The van der Waals surface area contributed by atoms with Gasteiger partial charge in [0.05, 0.1) is 4.90 Å². The van der Waals surface area contributed by atoms with Gasteiger partial charge in [0.15, 0.2) is 21.4 Å². The third-order valence-electron chi connectivity index (χ3n) is 2.18. The third-order valence-corrected chi connectivity index (χ3v) is 3.29. The van der Waals surface area contributed by atoms with E-state index in [0.717, 1.165) is 6.26 Å². The highest BCUT2D eigenvalue weighted by Gasteiger charge is 2.15. The fourth-order valence-corrected chi connectivity index (χ4v) is 2.00. The molecular weight excluding hydrogens is 228 g/mol. The van der Waals surface area contributed by atoms with E-state index in [1.54, 1.807) is 0 Å². The standard InChI is InChI=1S/C11H12O4S/c1-7(12)10-5-4-9(16(3,14)15)6-11(10)8(2)13/h4-6H,1-3H3. The molecule has 0 saturated heterocycles. The topological polar surface area (TPSA) is 68.3 Å². The first-order valence-electron chi connectivity index (χ1n) is 4.59. The van der Waals surface area contributed by atoms with Crippen LogP contribution < -0.4 is 0 Å². The van der Waals surface area contributed by atoms with Gasteiger partial charge in [-0.3, -0.25) is 9.59 Å². The number of sulfone groups is 1. The number of ketones is 2. The summed E-state index contributed by atoms with van der Waals surface area (Å²) in [4.78, 5) is 22.6. The van der Waals surface area contributed by atoms with Gasteiger partial charge in [0, 0.05) is 17.4 Å². The maximum absolute atomic E-state index is 11.3. The van der Waals surface area contributed by atoms with Crippen LogP contribution in [0.2, 0.25) is 0 Å². The largest absolute Gasteiger partial charge is 0.294 e. The van der Waals surface area contributed by atoms with E-state index in [1.165, 1.54) is 32.0 Å². The Morgan fingerprint density at radius 1 is 1.00 bits per heavy atom. The number of carbonyl (C=O) groups excluding carboxylic acids is 2. The maximum atomic E-state index is 11.3. The van der Waals surface area contributed by atoms with Crippen LogP contribution in [0.3, 0.4) is 0 Å². The molecule has 5 heteroatoms. The highest BCUT2D eigenvalue weighted by atomic mass is 32.2. The van der Waals surface area contributed by atoms with Crippen LogP contribution in [0.1, 0.15) is 34.6 Å². The molecule has 0 aromatic heterocycles. The first kappa shape index (κ1) is 12.6. The molecule has 1 aromatic carbocycles. The van der Waals surface area contributed by atoms with Crippen molar-refractivity contribution in [2.75, 3.05) is 6.26 Å². The molecule has 0 amide bonds. The monoisotopic (exact) mass is 240 g/mol. The van der Waals surface area contributed by atoms with E-state index in [2.05, 4.69) is 0 Å². The van der Waals surface area contributed by atoms with Gasteiger partial charge < -0.3 is 0 Å². The van der Waals surface area contributed by atoms with Crippen molar-refractivity contribution in [3.63, 3.8) is 0 Å². The normalized spacial score (nSPS) is 11.2. The molecule has 0 aliphatic heterocycles. The molecule has 0 saturated carbocycles. The molecule has 0 heterocycles. The van der Waals surface area contributed by atoms with Gasteiger partial charge in [0.1, 0.15) is 0 Å². The highest BCUT2D eigenvalue weighted by molar-refractivity contribution is 7.90. The van der Waals surface area contributed by atoms with Crippen LogP contribution in [0.25, 0.3) is 0 Å². The van der Waals surface area contributed by atoms with Crippen molar-refractivity contribution in [1.29, 1.82) is 0 Å². The Morgan fingerprint density at radius 3 is 1.88 bits per heavy atom. The second-order valence-corrected chi connectivity index (χ2v) is 5.61. The van der Waals surface area contributed by atoms with Crippen molar-refractivity contribution in [2.45, 2.75) is 18.7 Å². The molecular formula is C11H12O4S. The Balaban J connectivity index is 3.52. The molecule has 0 N–H and O–H groups in total. The highest BCUT2D eigenvalue weighted by Crippen LogP contribution is 2.17. The SMILES string of the molecule is CC(=O)c1ccc(S(C)(=O)=O)cc1C(C)=O. The zero-order valence-corrected chi connectivity index (χ0v) is 10.1. The zero-order chi connectivity index (χ0) is 12.5. The molecule has 4 nitrogen and oxygen atoms in total. The summed E-state index contributed by atoms with van der Waals surface area (Å²) in [6.45, 7) is 2.63. The predicted octanol–water partition coefficient (Wildman–Crippen LogP) is 1.50. The number of hydrogen-bond acceptors (Lipinski definition) is 4. The number of Topliss-reactive ketones (excluding diaryl/α,β-unsaturated/α-hetero) is 2. The van der Waals surface area contributed by atoms with Crippen molar-refractivity contribution in [3.05, 3.63) is 29.3 Å². The number of hydrogen-bond donors (Lipinski definition) is 0. The van der Waals surface area contributed by atoms with E-state index in [-0.39, 0.29) is 27.6 Å². The molecule has 0 unspecified atom stereocenters. The Labute approximate surface area is 94.2 Å². The fourth-order valence-electron chi connectivity index (χ4n) is 1.35.